The van der Waals surface area contributed by atoms with E-state index in [1.807, 2.05) is 39.0 Å². The maximum atomic E-state index is 12.2. The molecule has 0 unspecified atom stereocenters. The van der Waals surface area contributed by atoms with Crippen molar-refractivity contribution in [1.29, 1.82) is 0 Å². The van der Waals surface area contributed by atoms with Gasteiger partial charge < -0.3 is 4.74 Å². The number of carbonyl (C=O) groups is 1. The van der Waals surface area contributed by atoms with Gasteiger partial charge in [0, 0.05) is 17.7 Å². The molecule has 0 bridgehead atoms. The fourth-order valence-corrected chi connectivity index (χ4v) is 4.10. The Hall–Kier alpha value is -2.44. The van der Waals surface area contributed by atoms with Crippen molar-refractivity contribution >= 4 is 34.6 Å². The van der Waals surface area contributed by atoms with E-state index in [4.69, 9.17) is 17.0 Å². The van der Waals surface area contributed by atoms with E-state index < -0.39 is 0 Å². The molecule has 29 heavy (non-hydrogen) atoms. The van der Waals surface area contributed by atoms with E-state index in [0.717, 1.165) is 51.4 Å². The van der Waals surface area contributed by atoms with Gasteiger partial charge in [-0.2, -0.15) is 0 Å². The second-order valence-corrected chi connectivity index (χ2v) is 8.45. The number of rotatable bonds is 8. The molecule has 150 valence electrons. The van der Waals surface area contributed by atoms with Gasteiger partial charge in [-0.25, -0.2) is 4.79 Å². The predicted octanol–water partition coefficient (Wildman–Crippen LogP) is 5.54. The van der Waals surface area contributed by atoms with E-state index in [2.05, 4.69) is 33.9 Å². The second kappa shape index (κ2) is 9.85. The zero-order chi connectivity index (χ0) is 20.8. The first kappa shape index (κ1) is 21.3. The quantitative estimate of drug-likeness (QED) is 0.351. The number of hydrogen-bond donors (Lipinski definition) is 0. The molecule has 0 aliphatic carbocycles. The Kier molecular flexibility index (Phi) is 7.23. The Bertz CT molecular complexity index is 1010. The van der Waals surface area contributed by atoms with Gasteiger partial charge in [-0.1, -0.05) is 54.0 Å². The highest BCUT2D eigenvalue weighted by atomic mass is 32.1. The summed E-state index contributed by atoms with van der Waals surface area (Å²) in [6, 6.07) is 14.1. The fraction of sp³-hybridized carbons (Fsp3) is 0.304. The number of ether oxygens (including phenoxy) is 1. The molecule has 0 saturated heterocycles. The van der Waals surface area contributed by atoms with Crippen LogP contribution < -0.4 is 0 Å². The van der Waals surface area contributed by atoms with Crippen LogP contribution in [0.2, 0.25) is 0 Å². The van der Waals surface area contributed by atoms with Crippen molar-refractivity contribution in [2.75, 3.05) is 6.61 Å². The third-order valence-electron chi connectivity index (χ3n) is 4.68. The molecule has 0 aliphatic rings. The maximum Gasteiger partial charge on any atom is 0.338 e. The second-order valence-electron chi connectivity index (χ2n) is 7.04. The molecule has 3 aromatic rings. The van der Waals surface area contributed by atoms with Crippen LogP contribution in [0, 0.1) is 13.8 Å². The molecule has 0 radical (unpaired) electrons. The Morgan fingerprint density at radius 3 is 2.52 bits per heavy atom. The standard InChI is InChI=1S/C23H24N2O2S2/c1-4-11-27-23(26)19-8-5-15(2)21(13-19)18-9-6-17(7-10-18)12-20(28)14-22-16(3)24-25-29-22/h5-10,13H,4,11-12,14H2,1-3H3. The molecule has 2 aromatic carbocycles. The Morgan fingerprint density at radius 1 is 1.10 bits per heavy atom. The maximum absolute atomic E-state index is 12.2. The number of carbonyl (C=O) groups excluding carboxylic acids is 1. The summed E-state index contributed by atoms with van der Waals surface area (Å²) in [7, 11) is 0. The number of aryl methyl sites for hydroxylation is 2. The Balaban J connectivity index is 1.72. The summed E-state index contributed by atoms with van der Waals surface area (Å²) >= 11 is 6.98. The summed E-state index contributed by atoms with van der Waals surface area (Å²) in [5, 5.41) is 4.04. The number of hydrogen-bond acceptors (Lipinski definition) is 6. The molecule has 4 nitrogen and oxygen atoms in total. The largest absolute Gasteiger partial charge is 0.462 e. The van der Waals surface area contributed by atoms with Crippen LogP contribution in [0.5, 0.6) is 0 Å². The van der Waals surface area contributed by atoms with Crippen LogP contribution in [-0.4, -0.2) is 27.0 Å². The smallest absolute Gasteiger partial charge is 0.338 e. The predicted molar refractivity (Wildman–Crippen MR) is 122 cm³/mol. The lowest BCUT2D eigenvalue weighted by atomic mass is 9.96. The SMILES string of the molecule is CCCOC(=O)c1ccc(C)c(-c2ccc(CC(=S)Cc3snnc3C)cc2)c1. The van der Waals surface area contributed by atoms with E-state index in [9.17, 15) is 4.79 Å². The molecule has 0 aliphatic heterocycles. The molecule has 0 atom stereocenters. The molecule has 6 heteroatoms. The van der Waals surface area contributed by atoms with Crippen LogP contribution in [0.25, 0.3) is 11.1 Å². The van der Waals surface area contributed by atoms with Crippen LogP contribution in [0.3, 0.4) is 0 Å². The van der Waals surface area contributed by atoms with Crippen molar-refractivity contribution in [2.45, 2.75) is 40.0 Å². The molecule has 0 amide bonds. The molecule has 0 spiro atoms. The van der Waals surface area contributed by atoms with Gasteiger partial charge in [0.15, 0.2) is 0 Å². The highest BCUT2D eigenvalue weighted by molar-refractivity contribution is 7.80. The minimum atomic E-state index is -0.275. The van der Waals surface area contributed by atoms with Gasteiger partial charge in [-0.15, -0.1) is 5.10 Å². The molecule has 0 fully saturated rings. The zero-order valence-electron chi connectivity index (χ0n) is 16.9. The summed E-state index contributed by atoms with van der Waals surface area (Å²) < 4.78 is 9.23. The summed E-state index contributed by atoms with van der Waals surface area (Å²) in [5.41, 5.74) is 5.94. The first-order valence-corrected chi connectivity index (χ1v) is 10.8. The number of aromatic nitrogens is 2. The highest BCUT2D eigenvalue weighted by Crippen LogP contribution is 2.26. The number of esters is 1. The van der Waals surface area contributed by atoms with Gasteiger partial charge in [0.25, 0.3) is 0 Å². The normalized spacial score (nSPS) is 10.7. The minimum Gasteiger partial charge on any atom is -0.462 e. The summed E-state index contributed by atoms with van der Waals surface area (Å²) in [4.78, 5) is 14.3. The molecule has 1 heterocycles. The molecule has 1 aromatic heterocycles. The van der Waals surface area contributed by atoms with E-state index in [1.54, 1.807) is 0 Å². The Labute approximate surface area is 181 Å². The Morgan fingerprint density at radius 2 is 1.86 bits per heavy atom. The van der Waals surface area contributed by atoms with Crippen LogP contribution in [0.4, 0.5) is 0 Å². The van der Waals surface area contributed by atoms with Gasteiger partial charge in [0.05, 0.1) is 22.7 Å². The summed E-state index contributed by atoms with van der Waals surface area (Å²) in [5.74, 6) is -0.275. The summed E-state index contributed by atoms with van der Waals surface area (Å²) in [6.07, 6.45) is 2.30. The zero-order valence-corrected chi connectivity index (χ0v) is 18.5. The van der Waals surface area contributed by atoms with Crippen LogP contribution >= 0.6 is 23.8 Å². The van der Waals surface area contributed by atoms with Crippen molar-refractivity contribution < 1.29 is 9.53 Å². The van der Waals surface area contributed by atoms with E-state index >= 15 is 0 Å². The molecular weight excluding hydrogens is 400 g/mol. The van der Waals surface area contributed by atoms with E-state index in [0.29, 0.717) is 12.2 Å². The van der Waals surface area contributed by atoms with Gasteiger partial charge >= 0.3 is 5.97 Å². The number of thiocarbonyl (C=S) groups is 1. The van der Waals surface area contributed by atoms with Crippen molar-refractivity contribution in [2.24, 2.45) is 0 Å². The average Bonchev–Trinajstić information content (AvgIpc) is 3.11. The monoisotopic (exact) mass is 424 g/mol. The van der Waals surface area contributed by atoms with Gasteiger partial charge in [0.1, 0.15) is 0 Å². The van der Waals surface area contributed by atoms with Gasteiger partial charge in [-0.3, -0.25) is 0 Å². The number of benzene rings is 2. The average molecular weight is 425 g/mol. The minimum absolute atomic E-state index is 0.275. The van der Waals surface area contributed by atoms with Crippen LogP contribution in [-0.2, 0) is 17.6 Å². The van der Waals surface area contributed by atoms with Crippen LogP contribution in [0.1, 0.15) is 45.4 Å². The lowest BCUT2D eigenvalue weighted by molar-refractivity contribution is 0.0505. The highest BCUT2D eigenvalue weighted by Gasteiger charge is 2.11. The first-order valence-electron chi connectivity index (χ1n) is 9.64. The van der Waals surface area contributed by atoms with Crippen molar-refractivity contribution in [1.82, 2.24) is 9.59 Å². The molecular formula is C23H24N2O2S2. The lowest BCUT2D eigenvalue weighted by Crippen LogP contribution is -2.06. The van der Waals surface area contributed by atoms with E-state index in [-0.39, 0.29) is 5.97 Å². The lowest BCUT2D eigenvalue weighted by Gasteiger charge is -2.10. The van der Waals surface area contributed by atoms with Crippen molar-refractivity contribution in [3.05, 3.63) is 69.7 Å². The first-order chi connectivity index (χ1) is 14.0. The van der Waals surface area contributed by atoms with Crippen molar-refractivity contribution in [3.63, 3.8) is 0 Å². The third-order valence-corrected chi connectivity index (χ3v) is 5.79. The third kappa shape index (κ3) is 5.55. The van der Waals surface area contributed by atoms with Crippen molar-refractivity contribution in [3.8, 4) is 11.1 Å². The van der Waals surface area contributed by atoms with E-state index in [1.165, 1.54) is 17.1 Å². The molecule has 3 rings (SSSR count). The topological polar surface area (TPSA) is 52.1 Å². The van der Waals surface area contributed by atoms with Crippen LogP contribution in [0.15, 0.2) is 42.5 Å². The molecule has 0 saturated carbocycles. The van der Waals surface area contributed by atoms with Gasteiger partial charge in [-0.05, 0) is 66.2 Å². The summed E-state index contributed by atoms with van der Waals surface area (Å²) in [6.45, 7) is 6.43. The molecule has 0 N–H and O–H groups in total. The van der Waals surface area contributed by atoms with Gasteiger partial charge in [0.2, 0.25) is 0 Å². The fourth-order valence-electron chi connectivity index (χ4n) is 3.02. The number of nitrogens with zero attached hydrogens (tertiary/aromatic N) is 2.